The van der Waals surface area contributed by atoms with E-state index in [1.807, 2.05) is 35.1 Å². The maximum atomic E-state index is 12.5. The monoisotopic (exact) mass is 369 g/mol. The Morgan fingerprint density at radius 3 is 2.72 bits per heavy atom. The summed E-state index contributed by atoms with van der Waals surface area (Å²) in [6.45, 7) is 4.17. The molecule has 0 saturated carbocycles. The quantitative estimate of drug-likeness (QED) is 0.672. The van der Waals surface area contributed by atoms with E-state index in [9.17, 15) is 4.79 Å². The van der Waals surface area contributed by atoms with E-state index in [0.717, 1.165) is 17.0 Å². The summed E-state index contributed by atoms with van der Waals surface area (Å²) < 4.78 is 2.57. The highest BCUT2D eigenvalue weighted by atomic mass is 32.1. The molecular formula is C19H19N3OS2. The number of carbonyl (C=O) groups is 1. The highest BCUT2D eigenvalue weighted by Crippen LogP contribution is 2.24. The number of amides is 1. The highest BCUT2D eigenvalue weighted by Gasteiger charge is 2.14. The first kappa shape index (κ1) is 17.5. The Kier molecular flexibility index (Phi) is 5.40. The summed E-state index contributed by atoms with van der Waals surface area (Å²) in [4.78, 5) is 16.8. The van der Waals surface area contributed by atoms with Gasteiger partial charge in [0.25, 0.3) is 0 Å². The average molecular weight is 370 g/mol. The normalized spacial score (nSPS) is 11.9. The van der Waals surface area contributed by atoms with Crippen molar-refractivity contribution >= 4 is 29.5 Å². The topological polar surface area (TPSA) is 46.9 Å². The summed E-state index contributed by atoms with van der Waals surface area (Å²) in [5, 5.41) is 4.99. The van der Waals surface area contributed by atoms with Gasteiger partial charge in [0, 0.05) is 11.6 Å². The molecule has 2 heterocycles. The number of benzene rings is 1. The van der Waals surface area contributed by atoms with Crippen molar-refractivity contribution in [2.24, 2.45) is 0 Å². The molecule has 4 nitrogen and oxygen atoms in total. The maximum absolute atomic E-state index is 12.5. The fourth-order valence-electron chi connectivity index (χ4n) is 2.57. The molecule has 0 bridgehead atoms. The van der Waals surface area contributed by atoms with Crippen LogP contribution in [0.25, 0.3) is 11.3 Å². The molecule has 0 fully saturated rings. The van der Waals surface area contributed by atoms with E-state index in [4.69, 9.17) is 12.2 Å². The number of nitrogens with zero attached hydrogens (tertiary/aromatic N) is 2. The van der Waals surface area contributed by atoms with Crippen LogP contribution >= 0.6 is 23.6 Å². The van der Waals surface area contributed by atoms with Gasteiger partial charge >= 0.3 is 0 Å². The smallest absolute Gasteiger partial charge is 0.240 e. The molecule has 2 aromatic heterocycles. The van der Waals surface area contributed by atoms with Crippen LogP contribution in [0.3, 0.4) is 0 Å². The molecule has 1 aromatic carbocycles. The van der Waals surface area contributed by atoms with E-state index in [-0.39, 0.29) is 18.5 Å². The predicted molar refractivity (Wildman–Crippen MR) is 104 cm³/mol. The molecule has 0 spiro atoms. The third-order valence-corrected chi connectivity index (χ3v) is 5.21. The van der Waals surface area contributed by atoms with Gasteiger partial charge in [0.1, 0.15) is 6.54 Å². The van der Waals surface area contributed by atoms with Gasteiger partial charge in [-0.25, -0.2) is 0 Å². The van der Waals surface area contributed by atoms with E-state index < -0.39 is 0 Å². The molecule has 1 amide bonds. The Labute approximate surface area is 156 Å². The Bertz CT molecular complexity index is 914. The second-order valence-corrected chi connectivity index (χ2v) is 7.39. The highest BCUT2D eigenvalue weighted by molar-refractivity contribution is 7.73. The van der Waals surface area contributed by atoms with Crippen LogP contribution in [0.2, 0.25) is 0 Å². The largest absolute Gasteiger partial charge is 0.346 e. The SMILES string of the molecule is Cc1ccc(-c2csc(=S)n2CC(=O)NC(C)c2ccccn2)cc1. The van der Waals surface area contributed by atoms with Crippen LogP contribution in [-0.2, 0) is 11.3 Å². The van der Waals surface area contributed by atoms with Crippen LogP contribution < -0.4 is 5.32 Å². The van der Waals surface area contributed by atoms with Gasteiger partial charge in [-0.1, -0.05) is 35.9 Å². The molecule has 6 heteroatoms. The van der Waals surface area contributed by atoms with Crippen LogP contribution in [0, 0.1) is 10.9 Å². The van der Waals surface area contributed by atoms with E-state index in [1.165, 1.54) is 16.9 Å². The summed E-state index contributed by atoms with van der Waals surface area (Å²) >= 11 is 6.89. The second-order valence-electron chi connectivity index (χ2n) is 5.88. The van der Waals surface area contributed by atoms with Crippen LogP contribution in [0.15, 0.2) is 54.0 Å². The minimum absolute atomic E-state index is 0.0824. The van der Waals surface area contributed by atoms with Crippen molar-refractivity contribution < 1.29 is 4.79 Å². The van der Waals surface area contributed by atoms with Crippen molar-refractivity contribution in [2.75, 3.05) is 0 Å². The molecule has 0 aliphatic rings. The van der Waals surface area contributed by atoms with Crippen molar-refractivity contribution in [2.45, 2.75) is 26.4 Å². The van der Waals surface area contributed by atoms with Crippen LogP contribution in [-0.4, -0.2) is 15.5 Å². The first-order valence-electron chi connectivity index (χ1n) is 8.00. The van der Waals surface area contributed by atoms with E-state index in [1.54, 1.807) is 6.20 Å². The number of pyridine rings is 1. The van der Waals surface area contributed by atoms with Crippen LogP contribution in [0.1, 0.15) is 24.2 Å². The fourth-order valence-corrected chi connectivity index (χ4v) is 3.64. The number of thiazole rings is 1. The Balaban J connectivity index is 1.77. The van der Waals surface area contributed by atoms with Crippen LogP contribution in [0.5, 0.6) is 0 Å². The van der Waals surface area contributed by atoms with Gasteiger partial charge in [-0.3, -0.25) is 9.78 Å². The lowest BCUT2D eigenvalue weighted by Gasteiger charge is -2.15. The molecule has 0 radical (unpaired) electrons. The lowest BCUT2D eigenvalue weighted by molar-refractivity contribution is -0.122. The van der Waals surface area contributed by atoms with Crippen molar-refractivity contribution in [3.63, 3.8) is 0 Å². The van der Waals surface area contributed by atoms with E-state index in [0.29, 0.717) is 3.95 Å². The third kappa shape index (κ3) is 4.21. The molecule has 0 aliphatic carbocycles. The number of aromatic nitrogens is 2. The van der Waals surface area contributed by atoms with E-state index in [2.05, 4.69) is 41.5 Å². The summed E-state index contributed by atoms with van der Waals surface area (Å²) in [6, 6.07) is 13.7. The van der Waals surface area contributed by atoms with Gasteiger partial charge in [0.2, 0.25) is 5.91 Å². The van der Waals surface area contributed by atoms with E-state index >= 15 is 0 Å². The fraction of sp³-hybridized carbons (Fsp3) is 0.211. The minimum Gasteiger partial charge on any atom is -0.346 e. The average Bonchev–Trinajstić information content (AvgIpc) is 2.97. The zero-order valence-electron chi connectivity index (χ0n) is 14.1. The van der Waals surface area contributed by atoms with Gasteiger partial charge in [-0.2, -0.15) is 0 Å². The van der Waals surface area contributed by atoms with Crippen molar-refractivity contribution in [1.29, 1.82) is 0 Å². The standard InChI is InChI=1S/C19H19N3OS2/c1-13-6-8-15(9-7-13)17-12-25-19(24)22(17)11-18(23)21-14(2)16-5-3-4-10-20-16/h3-10,12,14H,11H2,1-2H3,(H,21,23). The van der Waals surface area contributed by atoms with Gasteiger partial charge in [0.15, 0.2) is 3.95 Å². The lowest BCUT2D eigenvalue weighted by Crippen LogP contribution is -2.30. The molecule has 0 saturated heterocycles. The number of aryl methyl sites for hydroxylation is 1. The van der Waals surface area contributed by atoms with Crippen molar-refractivity contribution in [3.8, 4) is 11.3 Å². The number of carbonyl (C=O) groups excluding carboxylic acids is 1. The number of rotatable bonds is 5. The lowest BCUT2D eigenvalue weighted by atomic mass is 10.1. The van der Waals surface area contributed by atoms with Crippen molar-refractivity contribution in [3.05, 3.63) is 69.3 Å². The van der Waals surface area contributed by atoms with Gasteiger partial charge in [-0.05, 0) is 43.8 Å². The molecule has 3 rings (SSSR count). The third-order valence-electron chi connectivity index (χ3n) is 3.94. The second kappa shape index (κ2) is 7.72. The summed E-state index contributed by atoms with van der Waals surface area (Å²) in [5.41, 5.74) is 4.06. The molecule has 128 valence electrons. The number of nitrogens with one attached hydrogen (secondary N) is 1. The van der Waals surface area contributed by atoms with Crippen molar-refractivity contribution in [1.82, 2.24) is 14.9 Å². The summed E-state index contributed by atoms with van der Waals surface area (Å²) in [5.74, 6) is -0.0824. The van der Waals surface area contributed by atoms with Gasteiger partial charge < -0.3 is 9.88 Å². The van der Waals surface area contributed by atoms with Gasteiger partial charge in [0.05, 0.1) is 17.4 Å². The molecule has 1 unspecified atom stereocenters. The van der Waals surface area contributed by atoms with Gasteiger partial charge in [-0.15, -0.1) is 11.3 Å². The number of hydrogen-bond acceptors (Lipinski definition) is 4. The molecule has 3 aromatic rings. The maximum Gasteiger partial charge on any atom is 0.240 e. The Hall–Kier alpha value is -2.31. The zero-order chi connectivity index (χ0) is 17.8. The Morgan fingerprint density at radius 2 is 2.04 bits per heavy atom. The molecular weight excluding hydrogens is 350 g/mol. The molecule has 1 N–H and O–H groups in total. The zero-order valence-corrected chi connectivity index (χ0v) is 15.7. The molecule has 1 atom stereocenters. The Morgan fingerprint density at radius 1 is 1.28 bits per heavy atom. The molecule has 0 aliphatic heterocycles. The first-order valence-corrected chi connectivity index (χ1v) is 9.29. The number of hydrogen-bond donors (Lipinski definition) is 1. The van der Waals surface area contributed by atoms with Crippen LogP contribution in [0.4, 0.5) is 0 Å². The summed E-state index contributed by atoms with van der Waals surface area (Å²) in [7, 11) is 0. The molecule has 25 heavy (non-hydrogen) atoms. The first-order chi connectivity index (χ1) is 12.0. The minimum atomic E-state index is -0.149. The predicted octanol–water partition coefficient (Wildman–Crippen LogP) is 4.53. The summed E-state index contributed by atoms with van der Waals surface area (Å²) in [6.07, 6.45) is 1.72.